The molecule has 1 aliphatic heterocycles. The summed E-state index contributed by atoms with van der Waals surface area (Å²) in [4.78, 5) is 11.1. The molecule has 1 N–H and O–H groups in total. The zero-order chi connectivity index (χ0) is 10.8. The molecule has 1 aromatic rings. The summed E-state index contributed by atoms with van der Waals surface area (Å²) in [5.74, 6) is 0. The molecule has 1 atom stereocenters. The Morgan fingerprint density at radius 2 is 1.93 bits per heavy atom. The molecule has 1 fully saturated rings. The van der Waals surface area contributed by atoms with E-state index in [0.29, 0.717) is 6.61 Å². The van der Waals surface area contributed by atoms with Crippen LogP contribution in [0.2, 0.25) is 0 Å². The van der Waals surface area contributed by atoms with Crippen LogP contribution in [-0.4, -0.2) is 12.7 Å². The molecule has 0 unspecified atom stereocenters. The van der Waals surface area contributed by atoms with Gasteiger partial charge in [-0.05, 0) is 19.4 Å². The van der Waals surface area contributed by atoms with E-state index in [0.717, 1.165) is 6.42 Å². The lowest BCUT2D eigenvalue weighted by molar-refractivity contribution is 0.115. The average Bonchev–Trinajstić information content (AvgIpc) is 2.16. The van der Waals surface area contributed by atoms with Gasteiger partial charge < -0.3 is 10.1 Å². The average molecular weight is 205 g/mol. The Hall–Kier alpha value is -1.51. The van der Waals surface area contributed by atoms with Gasteiger partial charge in [0.15, 0.2) is 0 Å². The monoisotopic (exact) mass is 205 g/mol. The van der Waals surface area contributed by atoms with Crippen LogP contribution in [0.3, 0.4) is 0 Å². The number of benzene rings is 1. The van der Waals surface area contributed by atoms with Gasteiger partial charge in [-0.2, -0.15) is 0 Å². The van der Waals surface area contributed by atoms with Crippen LogP contribution in [0.25, 0.3) is 0 Å². The number of carbonyl (C=O) groups excluding carboxylic acids is 1. The molecule has 1 aromatic carbocycles. The summed E-state index contributed by atoms with van der Waals surface area (Å²) in [5, 5.41) is 2.83. The van der Waals surface area contributed by atoms with Crippen molar-refractivity contribution >= 4 is 6.09 Å². The Morgan fingerprint density at radius 1 is 1.27 bits per heavy atom. The zero-order valence-corrected chi connectivity index (χ0v) is 9.04. The van der Waals surface area contributed by atoms with E-state index in [1.54, 1.807) is 0 Å². The maximum absolute atomic E-state index is 11.1. The number of amides is 1. The van der Waals surface area contributed by atoms with Gasteiger partial charge in [-0.1, -0.05) is 29.3 Å². The molecule has 0 aliphatic carbocycles. The van der Waals surface area contributed by atoms with Crippen molar-refractivity contribution in [3.8, 4) is 0 Å². The minimum Gasteiger partial charge on any atom is -0.449 e. The summed E-state index contributed by atoms with van der Waals surface area (Å²) in [6.07, 6.45) is 0.527. The Balaban J connectivity index is 2.24. The smallest absolute Gasteiger partial charge is 0.407 e. The summed E-state index contributed by atoms with van der Waals surface area (Å²) >= 11 is 0. The molecule has 0 saturated carbocycles. The molecule has 0 bridgehead atoms. The first kappa shape index (κ1) is 10.0. The van der Waals surface area contributed by atoms with E-state index < -0.39 is 0 Å². The van der Waals surface area contributed by atoms with Crippen LogP contribution in [0.15, 0.2) is 18.2 Å². The highest BCUT2D eigenvalue weighted by Crippen LogP contribution is 2.22. The Labute approximate surface area is 89.4 Å². The SMILES string of the molecule is Cc1cc(C)cc([C@H]2CCOC(=O)N2)c1. The van der Waals surface area contributed by atoms with E-state index in [2.05, 4.69) is 37.4 Å². The minimum absolute atomic E-state index is 0.102. The summed E-state index contributed by atoms with van der Waals surface area (Å²) < 4.78 is 4.84. The van der Waals surface area contributed by atoms with Gasteiger partial charge in [0.25, 0.3) is 0 Å². The first-order chi connectivity index (χ1) is 7.15. The number of carbonyl (C=O) groups is 1. The predicted molar refractivity (Wildman–Crippen MR) is 57.8 cm³/mol. The molecule has 1 heterocycles. The van der Waals surface area contributed by atoms with E-state index >= 15 is 0 Å². The van der Waals surface area contributed by atoms with Crippen LogP contribution in [-0.2, 0) is 4.74 Å². The van der Waals surface area contributed by atoms with Gasteiger partial charge in [0.1, 0.15) is 0 Å². The van der Waals surface area contributed by atoms with Gasteiger partial charge in [0.05, 0.1) is 12.6 Å². The van der Waals surface area contributed by atoms with Crippen LogP contribution in [0.1, 0.15) is 29.2 Å². The van der Waals surface area contributed by atoms with Gasteiger partial charge >= 0.3 is 6.09 Å². The number of nitrogens with one attached hydrogen (secondary N) is 1. The largest absolute Gasteiger partial charge is 0.449 e. The quantitative estimate of drug-likeness (QED) is 0.764. The second-order valence-electron chi connectivity index (χ2n) is 4.04. The van der Waals surface area contributed by atoms with Crippen molar-refractivity contribution in [2.45, 2.75) is 26.3 Å². The number of hydrogen-bond donors (Lipinski definition) is 1. The lowest BCUT2D eigenvalue weighted by Crippen LogP contribution is -2.35. The van der Waals surface area contributed by atoms with Gasteiger partial charge in [0, 0.05) is 6.42 Å². The lowest BCUT2D eigenvalue weighted by Gasteiger charge is -2.24. The molecule has 1 saturated heterocycles. The molecule has 1 amide bonds. The van der Waals surface area contributed by atoms with Crippen molar-refractivity contribution < 1.29 is 9.53 Å². The molecule has 0 aromatic heterocycles. The highest BCUT2D eigenvalue weighted by Gasteiger charge is 2.20. The van der Waals surface area contributed by atoms with Crippen molar-refractivity contribution in [3.63, 3.8) is 0 Å². The third-order valence-electron chi connectivity index (χ3n) is 2.58. The fourth-order valence-electron chi connectivity index (χ4n) is 1.99. The predicted octanol–water partition coefficient (Wildman–Crippen LogP) is 2.47. The van der Waals surface area contributed by atoms with Crippen LogP contribution in [0, 0.1) is 13.8 Å². The van der Waals surface area contributed by atoms with E-state index in [-0.39, 0.29) is 12.1 Å². The Bertz CT molecular complexity index is 367. The van der Waals surface area contributed by atoms with Gasteiger partial charge in [-0.15, -0.1) is 0 Å². The molecule has 0 radical (unpaired) electrons. The summed E-state index contributed by atoms with van der Waals surface area (Å²) in [7, 11) is 0. The summed E-state index contributed by atoms with van der Waals surface area (Å²) in [6.45, 7) is 4.64. The molecule has 0 spiro atoms. The molecule has 3 heteroatoms. The van der Waals surface area contributed by atoms with Crippen molar-refractivity contribution in [3.05, 3.63) is 34.9 Å². The lowest BCUT2D eigenvalue weighted by atomic mass is 9.99. The van der Waals surface area contributed by atoms with Crippen molar-refractivity contribution in [2.24, 2.45) is 0 Å². The van der Waals surface area contributed by atoms with Crippen LogP contribution in [0.4, 0.5) is 4.79 Å². The van der Waals surface area contributed by atoms with E-state index in [1.807, 2.05) is 0 Å². The highest BCUT2D eigenvalue weighted by atomic mass is 16.5. The standard InChI is InChI=1S/C12H15NO2/c1-8-5-9(2)7-10(6-8)11-3-4-15-12(14)13-11/h5-7,11H,3-4H2,1-2H3,(H,13,14)/t11-/m1/s1. The summed E-state index contributed by atoms with van der Waals surface area (Å²) in [5.41, 5.74) is 3.63. The number of ether oxygens (including phenoxy) is 1. The van der Waals surface area contributed by atoms with E-state index in [4.69, 9.17) is 4.74 Å². The number of rotatable bonds is 1. The van der Waals surface area contributed by atoms with Gasteiger partial charge in [-0.3, -0.25) is 0 Å². The van der Waals surface area contributed by atoms with Crippen LogP contribution < -0.4 is 5.32 Å². The second kappa shape index (κ2) is 3.93. The van der Waals surface area contributed by atoms with Crippen LogP contribution in [0.5, 0.6) is 0 Å². The molecule has 1 aliphatic rings. The van der Waals surface area contributed by atoms with E-state index in [1.165, 1.54) is 16.7 Å². The third-order valence-corrected chi connectivity index (χ3v) is 2.58. The molecule has 15 heavy (non-hydrogen) atoms. The second-order valence-corrected chi connectivity index (χ2v) is 4.04. The third kappa shape index (κ3) is 2.29. The maximum atomic E-state index is 11.1. The minimum atomic E-state index is -0.314. The Kier molecular flexibility index (Phi) is 2.62. The highest BCUT2D eigenvalue weighted by molar-refractivity contribution is 5.68. The molecule has 80 valence electrons. The van der Waals surface area contributed by atoms with E-state index in [9.17, 15) is 4.79 Å². The molecular weight excluding hydrogens is 190 g/mol. The molecule has 3 nitrogen and oxygen atoms in total. The first-order valence-electron chi connectivity index (χ1n) is 5.16. The summed E-state index contributed by atoms with van der Waals surface area (Å²) in [6, 6.07) is 6.46. The van der Waals surface area contributed by atoms with Crippen molar-refractivity contribution in [1.82, 2.24) is 5.32 Å². The van der Waals surface area contributed by atoms with Gasteiger partial charge in [-0.25, -0.2) is 4.79 Å². The van der Waals surface area contributed by atoms with Crippen molar-refractivity contribution in [2.75, 3.05) is 6.61 Å². The fraction of sp³-hybridized carbons (Fsp3) is 0.417. The zero-order valence-electron chi connectivity index (χ0n) is 9.04. The molecule has 2 rings (SSSR count). The topological polar surface area (TPSA) is 38.3 Å². The number of cyclic esters (lactones) is 1. The molecular formula is C12H15NO2. The maximum Gasteiger partial charge on any atom is 0.407 e. The van der Waals surface area contributed by atoms with Crippen molar-refractivity contribution in [1.29, 1.82) is 0 Å². The van der Waals surface area contributed by atoms with Crippen LogP contribution >= 0.6 is 0 Å². The number of alkyl carbamates (subject to hydrolysis) is 1. The number of aryl methyl sites for hydroxylation is 2. The van der Waals surface area contributed by atoms with Gasteiger partial charge in [0.2, 0.25) is 0 Å². The Morgan fingerprint density at radius 3 is 2.53 bits per heavy atom. The normalized spacial score (nSPS) is 20.7. The fourth-order valence-corrected chi connectivity index (χ4v) is 1.99. The first-order valence-corrected chi connectivity index (χ1v) is 5.16. The number of hydrogen-bond acceptors (Lipinski definition) is 2.